The number of allylic oxidation sites excluding steroid dienone is 2. The summed E-state index contributed by atoms with van der Waals surface area (Å²) in [6.07, 6.45) is 5.64. The Kier molecular flexibility index (Phi) is 13.9. The molecule has 2 bridgehead atoms. The SMILES string of the molecule is C=C1/C=C/c2c(OCC)nn(C(C)CO)c2CN(C)CC(C)Oc2c(c(OCC)nn2C)-c2cc1c(C)cn2.CC.CC. The van der Waals surface area contributed by atoms with Crippen LogP contribution in [-0.2, 0) is 13.6 Å². The molecule has 0 aliphatic carbocycles. The predicted octanol–water partition coefficient (Wildman–Crippen LogP) is 6.33. The van der Waals surface area contributed by atoms with Crippen LogP contribution in [0.15, 0.2) is 24.9 Å². The Hall–Kier alpha value is -3.63. The molecule has 4 rings (SSSR count). The number of hydrogen-bond donors (Lipinski definition) is 1. The Labute approximate surface area is 258 Å². The first-order valence-corrected chi connectivity index (χ1v) is 15.4. The van der Waals surface area contributed by atoms with Crippen LogP contribution in [0.5, 0.6) is 17.6 Å². The van der Waals surface area contributed by atoms with E-state index in [0.717, 1.165) is 33.5 Å². The Morgan fingerprint density at radius 2 is 1.72 bits per heavy atom. The number of aryl methyl sites for hydroxylation is 2. The topological polar surface area (TPSA) is 99.7 Å². The maximum atomic E-state index is 9.96. The molecule has 0 radical (unpaired) electrons. The minimum absolute atomic E-state index is 0.0379. The molecular formula is C33H52N6O4. The van der Waals surface area contributed by atoms with Crippen molar-refractivity contribution in [3.63, 3.8) is 0 Å². The second kappa shape index (κ2) is 16.9. The highest BCUT2D eigenvalue weighted by atomic mass is 16.5. The summed E-state index contributed by atoms with van der Waals surface area (Å²) in [4.78, 5) is 6.90. The molecule has 4 heterocycles. The van der Waals surface area contributed by atoms with Crippen LogP contribution in [0.4, 0.5) is 0 Å². The third-order valence-electron chi connectivity index (χ3n) is 6.68. The summed E-state index contributed by atoms with van der Waals surface area (Å²) in [5.41, 5.74) is 5.98. The zero-order chi connectivity index (χ0) is 32.3. The van der Waals surface area contributed by atoms with Gasteiger partial charge in [-0.15, -0.1) is 10.2 Å². The Morgan fingerprint density at radius 1 is 1.07 bits per heavy atom. The van der Waals surface area contributed by atoms with Crippen molar-refractivity contribution in [2.24, 2.45) is 7.05 Å². The second-order valence-electron chi connectivity index (χ2n) is 9.98. The van der Waals surface area contributed by atoms with Gasteiger partial charge < -0.3 is 19.3 Å². The average Bonchev–Trinajstić information content (AvgIpc) is 3.49. The van der Waals surface area contributed by atoms with Crippen molar-refractivity contribution < 1.29 is 19.3 Å². The molecule has 0 fully saturated rings. The van der Waals surface area contributed by atoms with Gasteiger partial charge >= 0.3 is 0 Å². The lowest BCUT2D eigenvalue weighted by Crippen LogP contribution is -2.32. The number of pyridine rings is 1. The number of likely N-dealkylation sites (N-methyl/N-ethyl adjacent to an activating group) is 1. The summed E-state index contributed by atoms with van der Waals surface area (Å²) in [6.45, 7) is 24.3. The fraction of sp³-hybridized carbons (Fsp3) is 0.545. The van der Waals surface area contributed by atoms with Gasteiger partial charge in [0, 0.05) is 26.3 Å². The fourth-order valence-corrected chi connectivity index (χ4v) is 4.81. The molecule has 10 nitrogen and oxygen atoms in total. The van der Waals surface area contributed by atoms with Crippen LogP contribution in [0, 0.1) is 6.92 Å². The zero-order valence-corrected chi connectivity index (χ0v) is 28.1. The molecule has 238 valence electrons. The lowest BCUT2D eigenvalue weighted by atomic mass is 10.00. The minimum atomic E-state index is -0.215. The van der Waals surface area contributed by atoms with Gasteiger partial charge in [-0.1, -0.05) is 40.3 Å². The van der Waals surface area contributed by atoms with Crippen molar-refractivity contribution in [3.8, 4) is 28.9 Å². The summed E-state index contributed by atoms with van der Waals surface area (Å²) >= 11 is 0. The van der Waals surface area contributed by atoms with Gasteiger partial charge in [0.1, 0.15) is 11.7 Å². The van der Waals surface area contributed by atoms with Gasteiger partial charge in [0.05, 0.1) is 42.8 Å². The summed E-state index contributed by atoms with van der Waals surface area (Å²) in [7, 11) is 3.88. The quantitative estimate of drug-likeness (QED) is 0.353. The van der Waals surface area contributed by atoms with E-state index in [1.165, 1.54) is 0 Å². The molecule has 43 heavy (non-hydrogen) atoms. The maximum Gasteiger partial charge on any atom is 0.246 e. The van der Waals surface area contributed by atoms with E-state index >= 15 is 0 Å². The molecule has 3 aromatic rings. The van der Waals surface area contributed by atoms with Crippen molar-refractivity contribution in [3.05, 3.63) is 47.3 Å². The van der Waals surface area contributed by atoms with Gasteiger partial charge in [-0.05, 0) is 70.5 Å². The standard InChI is InChI=1S/C29H40N6O4.2C2H6/c1-9-37-27-22-12-11-18(3)23-13-24(30-14-19(23)4)26-28(38-10-2)31-34(8)29(26)39-21(6)15-33(7)16-25(22)35(32-27)20(5)17-36;2*1-2/h11-14,20-21,36H,3,9-10,15-17H2,1-2,4-8H3;2*1-2H3/b12-11+;;. The summed E-state index contributed by atoms with van der Waals surface area (Å²) in [5.74, 6) is 1.61. The second-order valence-corrected chi connectivity index (χ2v) is 9.98. The molecule has 2 unspecified atom stereocenters. The van der Waals surface area contributed by atoms with Crippen LogP contribution in [0.2, 0.25) is 0 Å². The molecule has 0 saturated carbocycles. The third-order valence-corrected chi connectivity index (χ3v) is 6.68. The number of hydrogen-bond acceptors (Lipinski definition) is 8. The largest absolute Gasteiger partial charge is 0.476 e. The average molecular weight is 597 g/mol. The molecule has 2 atom stereocenters. The van der Waals surface area contributed by atoms with Crippen molar-refractivity contribution in [2.45, 2.75) is 81.0 Å². The van der Waals surface area contributed by atoms with E-state index in [9.17, 15) is 5.11 Å². The van der Waals surface area contributed by atoms with Gasteiger partial charge in [0.15, 0.2) is 0 Å². The van der Waals surface area contributed by atoms with Crippen LogP contribution < -0.4 is 14.2 Å². The Balaban J connectivity index is 0.00000155. The number of fused-ring (bicyclic) bond motifs is 5. The Bertz CT molecular complexity index is 1360. The van der Waals surface area contributed by atoms with Crippen LogP contribution in [0.25, 0.3) is 22.9 Å². The summed E-state index contributed by atoms with van der Waals surface area (Å²) in [5, 5.41) is 19.3. The number of aliphatic hydroxyl groups is 1. The maximum absolute atomic E-state index is 9.96. The van der Waals surface area contributed by atoms with E-state index < -0.39 is 0 Å². The smallest absolute Gasteiger partial charge is 0.246 e. The van der Waals surface area contributed by atoms with Crippen LogP contribution in [0.3, 0.4) is 0 Å². The molecule has 0 amide bonds. The molecule has 0 saturated heterocycles. The Morgan fingerprint density at radius 3 is 2.35 bits per heavy atom. The zero-order valence-electron chi connectivity index (χ0n) is 28.1. The van der Waals surface area contributed by atoms with Crippen LogP contribution >= 0.6 is 0 Å². The first-order chi connectivity index (χ1) is 20.7. The molecule has 3 aromatic heterocycles. The van der Waals surface area contributed by atoms with E-state index in [1.807, 2.05) is 106 Å². The number of ether oxygens (including phenoxy) is 3. The van der Waals surface area contributed by atoms with E-state index in [2.05, 4.69) is 16.6 Å². The first-order valence-electron chi connectivity index (χ1n) is 15.4. The lowest BCUT2D eigenvalue weighted by Gasteiger charge is -2.24. The lowest BCUT2D eigenvalue weighted by molar-refractivity contribution is 0.145. The predicted molar refractivity (Wildman–Crippen MR) is 175 cm³/mol. The molecule has 10 heteroatoms. The van der Waals surface area contributed by atoms with E-state index in [1.54, 1.807) is 4.68 Å². The van der Waals surface area contributed by atoms with Crippen molar-refractivity contribution in [1.29, 1.82) is 0 Å². The van der Waals surface area contributed by atoms with Crippen molar-refractivity contribution in [2.75, 3.05) is 33.4 Å². The highest BCUT2D eigenvalue weighted by molar-refractivity contribution is 5.82. The van der Waals surface area contributed by atoms with E-state index in [0.29, 0.717) is 49.6 Å². The fourth-order valence-electron chi connectivity index (χ4n) is 4.81. The van der Waals surface area contributed by atoms with Gasteiger partial charge in [0.25, 0.3) is 0 Å². The highest BCUT2D eigenvalue weighted by Gasteiger charge is 2.26. The number of aliphatic hydroxyl groups excluding tert-OH is 1. The van der Waals surface area contributed by atoms with Crippen molar-refractivity contribution >= 4 is 11.6 Å². The molecule has 0 spiro atoms. The summed E-state index contributed by atoms with van der Waals surface area (Å²) < 4.78 is 21.9. The van der Waals surface area contributed by atoms with E-state index in [4.69, 9.17) is 24.3 Å². The van der Waals surface area contributed by atoms with Crippen LogP contribution in [-0.4, -0.2) is 74.1 Å². The molecule has 1 aliphatic rings. The van der Waals surface area contributed by atoms with E-state index in [-0.39, 0.29) is 18.8 Å². The number of nitrogens with zero attached hydrogens (tertiary/aromatic N) is 6. The minimum Gasteiger partial charge on any atom is -0.476 e. The van der Waals surface area contributed by atoms with Crippen molar-refractivity contribution in [1.82, 2.24) is 29.4 Å². The molecular weight excluding hydrogens is 544 g/mol. The normalized spacial score (nSPS) is 16.5. The monoisotopic (exact) mass is 596 g/mol. The first kappa shape index (κ1) is 35.6. The molecule has 1 aliphatic heterocycles. The third kappa shape index (κ3) is 8.26. The number of rotatable bonds is 6. The van der Waals surface area contributed by atoms with Crippen LogP contribution in [0.1, 0.15) is 83.8 Å². The highest BCUT2D eigenvalue weighted by Crippen LogP contribution is 2.39. The summed E-state index contributed by atoms with van der Waals surface area (Å²) in [6, 6.07) is 1.79. The van der Waals surface area contributed by atoms with Gasteiger partial charge in [0.2, 0.25) is 17.6 Å². The van der Waals surface area contributed by atoms with Gasteiger partial charge in [-0.25, -0.2) is 4.68 Å². The van der Waals surface area contributed by atoms with Gasteiger partial charge in [-0.3, -0.25) is 14.6 Å². The molecule has 1 N–H and O–H groups in total. The van der Waals surface area contributed by atoms with Gasteiger partial charge in [-0.2, -0.15) is 0 Å². The number of aromatic nitrogens is 5. The molecule has 0 aromatic carbocycles.